The van der Waals surface area contributed by atoms with E-state index in [1.54, 1.807) is 12.1 Å². The van der Waals surface area contributed by atoms with Crippen LogP contribution in [-0.2, 0) is 20.9 Å². The average Bonchev–Trinajstić information content (AvgIpc) is 2.83. The molecule has 0 radical (unpaired) electrons. The van der Waals surface area contributed by atoms with Crippen molar-refractivity contribution in [1.29, 1.82) is 0 Å². The molecule has 3 rings (SSSR count). The van der Waals surface area contributed by atoms with Crippen molar-refractivity contribution in [2.45, 2.75) is 57.3 Å². The van der Waals surface area contributed by atoms with Crippen molar-refractivity contribution in [1.82, 2.24) is 0 Å². The summed E-state index contributed by atoms with van der Waals surface area (Å²) in [7, 11) is -4.50. The number of nitrogens with one attached hydrogen (secondary N) is 2. The molecule has 0 fully saturated rings. The van der Waals surface area contributed by atoms with Crippen LogP contribution in [0.25, 0.3) is 0 Å². The summed E-state index contributed by atoms with van der Waals surface area (Å²) in [6.45, 7) is 11.8. The molecule has 0 aliphatic rings. The lowest BCUT2D eigenvalue weighted by Crippen LogP contribution is -2.18. The maximum absolute atomic E-state index is 13.3. The smallest absolute Gasteiger partial charge is 0.337 e. The number of non-ortho nitro benzene ring substituents is 1. The highest BCUT2D eigenvalue weighted by Gasteiger charge is 2.27. The summed E-state index contributed by atoms with van der Waals surface area (Å²) in [6, 6.07) is 12.1. The molecular formula is C28H32N4O7S. The first-order chi connectivity index (χ1) is 18.4. The second kappa shape index (κ2) is 11.0. The van der Waals surface area contributed by atoms with E-state index in [1.807, 2.05) is 41.5 Å². The lowest BCUT2D eigenvalue weighted by Gasteiger charge is -2.27. The number of sulfonamides is 1. The Balaban J connectivity index is 2.05. The minimum absolute atomic E-state index is 0.0759. The van der Waals surface area contributed by atoms with Crippen molar-refractivity contribution in [3.05, 3.63) is 87.0 Å². The van der Waals surface area contributed by atoms with E-state index < -0.39 is 31.5 Å². The number of aromatic hydroxyl groups is 1. The number of nitro groups is 1. The largest absolute Gasteiger partial charge is 0.507 e. The van der Waals surface area contributed by atoms with E-state index in [-0.39, 0.29) is 33.5 Å². The lowest BCUT2D eigenvalue weighted by molar-refractivity contribution is -0.385. The van der Waals surface area contributed by atoms with Crippen molar-refractivity contribution < 1.29 is 28.3 Å². The average molecular weight is 569 g/mol. The Morgan fingerprint density at radius 2 is 1.52 bits per heavy atom. The lowest BCUT2D eigenvalue weighted by atomic mass is 9.78. The number of rotatable bonds is 8. The minimum Gasteiger partial charge on any atom is -0.507 e. The number of hydrogen-bond acceptors (Lipinski definition) is 8. The molecule has 3 aromatic carbocycles. The van der Waals surface area contributed by atoms with Crippen molar-refractivity contribution in [2.24, 2.45) is 5.10 Å². The van der Waals surface area contributed by atoms with Crippen LogP contribution in [0.2, 0.25) is 0 Å². The van der Waals surface area contributed by atoms with E-state index >= 15 is 0 Å². The topological polar surface area (TPSA) is 171 Å². The Hall–Kier alpha value is -4.45. The molecule has 4 N–H and O–H groups in total. The Kier molecular flexibility index (Phi) is 8.25. The Labute approximate surface area is 232 Å². The first-order valence-electron chi connectivity index (χ1n) is 12.2. The van der Waals surface area contributed by atoms with Gasteiger partial charge < -0.3 is 10.2 Å². The van der Waals surface area contributed by atoms with E-state index in [0.717, 1.165) is 12.1 Å². The molecule has 212 valence electrons. The highest BCUT2D eigenvalue weighted by molar-refractivity contribution is 7.93. The summed E-state index contributed by atoms with van der Waals surface area (Å²) in [5.41, 5.74) is 2.89. The molecule has 3 aromatic rings. The van der Waals surface area contributed by atoms with Gasteiger partial charge in [-0.3, -0.25) is 20.3 Å². The van der Waals surface area contributed by atoms with Gasteiger partial charge >= 0.3 is 5.97 Å². The standard InChI is InChI=1S/C28H32N4O7S/c1-27(2,3)20-13-17(14-21(25(20)33)28(4,5)6)16-29-30-23-12-11-18(32(36)37)15-24(23)40(38,39)31-22-10-8-7-9-19(22)26(34)35/h7-16,30-31,33H,1-6H3,(H,34,35)/b29-16+. The third-order valence-electron chi connectivity index (χ3n) is 6.01. The first-order valence-corrected chi connectivity index (χ1v) is 13.7. The van der Waals surface area contributed by atoms with Crippen LogP contribution in [0.3, 0.4) is 0 Å². The number of nitrogens with zero attached hydrogens (tertiary/aromatic N) is 2. The van der Waals surface area contributed by atoms with E-state index in [4.69, 9.17) is 0 Å². The van der Waals surface area contributed by atoms with Crippen LogP contribution in [0.4, 0.5) is 17.1 Å². The maximum Gasteiger partial charge on any atom is 0.337 e. The molecule has 0 saturated heterocycles. The van der Waals surface area contributed by atoms with Crippen LogP contribution in [0.15, 0.2) is 64.6 Å². The molecule has 0 amide bonds. The van der Waals surface area contributed by atoms with E-state index in [1.165, 1.54) is 36.5 Å². The number of hydrazone groups is 1. The number of nitro benzene ring substituents is 1. The molecule has 0 aliphatic carbocycles. The summed E-state index contributed by atoms with van der Waals surface area (Å²) in [6.07, 6.45) is 1.45. The molecular weight excluding hydrogens is 536 g/mol. The van der Waals surface area contributed by atoms with Crippen LogP contribution >= 0.6 is 0 Å². The Morgan fingerprint density at radius 3 is 2.05 bits per heavy atom. The molecule has 12 heteroatoms. The van der Waals surface area contributed by atoms with Gasteiger partial charge in [-0.1, -0.05) is 53.7 Å². The zero-order valence-corrected chi connectivity index (χ0v) is 23.8. The monoisotopic (exact) mass is 568 g/mol. The second-order valence-electron chi connectivity index (χ2n) is 11.2. The fraction of sp³-hybridized carbons (Fsp3) is 0.286. The van der Waals surface area contributed by atoms with Crippen LogP contribution in [0.1, 0.15) is 68.6 Å². The number of carbonyl (C=O) groups is 1. The van der Waals surface area contributed by atoms with Gasteiger partial charge in [0.2, 0.25) is 0 Å². The van der Waals surface area contributed by atoms with Gasteiger partial charge in [0.05, 0.1) is 28.1 Å². The van der Waals surface area contributed by atoms with Crippen LogP contribution < -0.4 is 10.1 Å². The molecule has 40 heavy (non-hydrogen) atoms. The highest BCUT2D eigenvalue weighted by atomic mass is 32.2. The number of anilines is 2. The van der Waals surface area contributed by atoms with Gasteiger partial charge in [0.25, 0.3) is 15.7 Å². The SMILES string of the molecule is CC(C)(C)c1cc(/C=N/Nc2ccc([N+](=O)[O-])cc2S(=O)(=O)Nc2ccccc2C(=O)O)cc(C(C)(C)C)c1O. The van der Waals surface area contributed by atoms with Gasteiger partial charge in [-0.05, 0) is 46.7 Å². The van der Waals surface area contributed by atoms with E-state index in [9.17, 15) is 33.5 Å². The summed E-state index contributed by atoms with van der Waals surface area (Å²) in [4.78, 5) is 21.7. The van der Waals surface area contributed by atoms with Crippen molar-refractivity contribution in [3.8, 4) is 5.75 Å². The molecule has 0 bridgehead atoms. The van der Waals surface area contributed by atoms with Crippen LogP contribution in [-0.4, -0.2) is 35.7 Å². The van der Waals surface area contributed by atoms with Gasteiger partial charge in [0.1, 0.15) is 10.6 Å². The molecule has 0 atom stereocenters. The zero-order valence-electron chi connectivity index (χ0n) is 23.0. The molecule has 11 nitrogen and oxygen atoms in total. The number of aromatic carboxylic acids is 1. The van der Waals surface area contributed by atoms with Crippen molar-refractivity contribution in [3.63, 3.8) is 0 Å². The second-order valence-corrected chi connectivity index (χ2v) is 12.9. The van der Waals surface area contributed by atoms with Crippen molar-refractivity contribution in [2.75, 3.05) is 10.1 Å². The minimum atomic E-state index is -4.50. The molecule has 0 heterocycles. The summed E-state index contributed by atoms with van der Waals surface area (Å²) in [5.74, 6) is -1.15. The summed E-state index contributed by atoms with van der Waals surface area (Å²) < 4.78 is 28.8. The number of phenols is 1. The maximum atomic E-state index is 13.3. The highest BCUT2D eigenvalue weighted by Crippen LogP contribution is 2.39. The van der Waals surface area contributed by atoms with Crippen LogP contribution in [0.5, 0.6) is 5.75 Å². The van der Waals surface area contributed by atoms with Gasteiger partial charge in [0.15, 0.2) is 0 Å². The van der Waals surface area contributed by atoms with Gasteiger partial charge in [-0.15, -0.1) is 0 Å². The predicted octanol–water partition coefficient (Wildman–Crippen LogP) is 5.84. The number of benzene rings is 3. The third kappa shape index (κ3) is 6.75. The number of phenolic OH excluding ortho intramolecular Hbond substituents is 1. The summed E-state index contributed by atoms with van der Waals surface area (Å²) in [5, 5.41) is 35.9. The Morgan fingerprint density at radius 1 is 0.950 bits per heavy atom. The van der Waals surface area contributed by atoms with Gasteiger partial charge in [0, 0.05) is 23.3 Å². The number of hydrogen-bond donors (Lipinski definition) is 4. The number of carboxylic acid groups (broad SMARTS) is 1. The van der Waals surface area contributed by atoms with Crippen molar-refractivity contribution >= 4 is 39.3 Å². The normalized spacial score (nSPS) is 12.3. The molecule has 0 spiro atoms. The predicted molar refractivity (Wildman–Crippen MR) is 154 cm³/mol. The number of para-hydroxylation sites is 1. The van der Waals surface area contributed by atoms with Crippen LogP contribution in [0, 0.1) is 10.1 Å². The number of carboxylic acids is 1. The summed E-state index contributed by atoms with van der Waals surface area (Å²) >= 11 is 0. The molecule has 0 saturated carbocycles. The van der Waals surface area contributed by atoms with E-state index in [0.29, 0.717) is 16.7 Å². The van der Waals surface area contributed by atoms with E-state index in [2.05, 4.69) is 15.2 Å². The molecule has 0 aliphatic heterocycles. The fourth-order valence-electron chi connectivity index (χ4n) is 3.95. The quantitative estimate of drug-likeness (QED) is 0.149. The molecule has 0 unspecified atom stereocenters. The first kappa shape index (κ1) is 30.1. The fourth-order valence-corrected chi connectivity index (χ4v) is 5.21. The van der Waals surface area contributed by atoms with Gasteiger partial charge in [-0.2, -0.15) is 5.10 Å². The molecule has 0 aromatic heterocycles. The zero-order chi connectivity index (χ0) is 30.0. The third-order valence-corrected chi connectivity index (χ3v) is 7.42. The van der Waals surface area contributed by atoms with Gasteiger partial charge in [-0.25, -0.2) is 13.2 Å². The Bertz CT molecular complexity index is 1570.